The third-order valence-electron chi connectivity index (χ3n) is 3.56. The normalized spacial score (nSPS) is 17.2. The zero-order valence-electron chi connectivity index (χ0n) is 11.1. The van der Waals surface area contributed by atoms with Gasteiger partial charge in [-0.05, 0) is 32.0 Å². The van der Waals surface area contributed by atoms with Crippen molar-refractivity contribution in [3.05, 3.63) is 28.8 Å². The summed E-state index contributed by atoms with van der Waals surface area (Å²) in [5.74, 6) is 0. The Hall–Kier alpha value is -0.770. The van der Waals surface area contributed by atoms with Gasteiger partial charge in [0.05, 0.1) is 6.10 Å². The lowest BCUT2D eigenvalue weighted by Crippen LogP contribution is -2.37. The smallest absolute Gasteiger partial charge is 0.0605 e. The summed E-state index contributed by atoms with van der Waals surface area (Å²) >= 11 is 6.29. The van der Waals surface area contributed by atoms with Crippen LogP contribution in [0.2, 0.25) is 5.02 Å². The Bertz CT molecular complexity index is 389. The van der Waals surface area contributed by atoms with Gasteiger partial charge in [0.2, 0.25) is 0 Å². The zero-order chi connectivity index (χ0) is 13.0. The van der Waals surface area contributed by atoms with Crippen molar-refractivity contribution in [3.8, 4) is 0 Å². The average molecular weight is 269 g/mol. The van der Waals surface area contributed by atoms with E-state index in [1.807, 2.05) is 19.2 Å². The molecule has 0 spiro atoms. The molecule has 0 saturated carbocycles. The number of nitrogens with zero attached hydrogens (tertiary/aromatic N) is 1. The summed E-state index contributed by atoms with van der Waals surface area (Å²) in [7, 11) is 3.75. The Morgan fingerprint density at radius 1 is 1.39 bits per heavy atom. The van der Waals surface area contributed by atoms with Crippen LogP contribution in [0.15, 0.2) is 18.2 Å². The predicted molar refractivity (Wildman–Crippen MR) is 76.5 cm³/mol. The number of methoxy groups -OCH3 is 1. The van der Waals surface area contributed by atoms with E-state index >= 15 is 0 Å². The first kappa shape index (κ1) is 13.7. The molecule has 0 unspecified atom stereocenters. The van der Waals surface area contributed by atoms with Crippen LogP contribution in [0, 0.1) is 0 Å². The van der Waals surface area contributed by atoms with Crippen LogP contribution in [0.25, 0.3) is 0 Å². The summed E-state index contributed by atoms with van der Waals surface area (Å²) in [6.45, 7) is 2.88. The molecule has 3 nitrogen and oxygen atoms in total. The maximum Gasteiger partial charge on any atom is 0.0605 e. The first-order valence-corrected chi connectivity index (χ1v) is 6.83. The van der Waals surface area contributed by atoms with Crippen LogP contribution in [0.1, 0.15) is 18.4 Å². The highest BCUT2D eigenvalue weighted by Gasteiger charge is 2.21. The number of rotatable bonds is 4. The van der Waals surface area contributed by atoms with Crippen molar-refractivity contribution in [2.75, 3.05) is 32.1 Å². The van der Waals surface area contributed by atoms with Gasteiger partial charge in [-0.25, -0.2) is 0 Å². The first-order chi connectivity index (χ1) is 8.76. The van der Waals surface area contributed by atoms with Crippen molar-refractivity contribution < 1.29 is 4.74 Å². The SMILES string of the molecule is CNCc1c(Cl)cccc1N1CCC(OC)CC1. The van der Waals surface area contributed by atoms with Crippen LogP contribution in [0.5, 0.6) is 0 Å². The highest BCUT2D eigenvalue weighted by atomic mass is 35.5. The molecule has 1 heterocycles. The minimum atomic E-state index is 0.410. The Labute approximate surface area is 114 Å². The van der Waals surface area contributed by atoms with Gasteiger partial charge in [0.15, 0.2) is 0 Å². The number of halogens is 1. The van der Waals surface area contributed by atoms with Gasteiger partial charge < -0.3 is 15.0 Å². The Morgan fingerprint density at radius 3 is 2.72 bits per heavy atom. The van der Waals surface area contributed by atoms with Gasteiger partial charge in [0, 0.05) is 43.0 Å². The van der Waals surface area contributed by atoms with Gasteiger partial charge in [0.25, 0.3) is 0 Å². The van der Waals surface area contributed by atoms with Crippen molar-refractivity contribution >= 4 is 17.3 Å². The van der Waals surface area contributed by atoms with Crippen molar-refractivity contribution in [1.29, 1.82) is 0 Å². The molecule has 2 rings (SSSR count). The van der Waals surface area contributed by atoms with E-state index in [9.17, 15) is 0 Å². The van der Waals surface area contributed by atoms with Gasteiger partial charge in [-0.15, -0.1) is 0 Å². The lowest BCUT2D eigenvalue weighted by Gasteiger charge is -2.34. The van der Waals surface area contributed by atoms with Crippen molar-refractivity contribution in [1.82, 2.24) is 5.32 Å². The minimum absolute atomic E-state index is 0.410. The van der Waals surface area contributed by atoms with E-state index < -0.39 is 0 Å². The molecule has 18 heavy (non-hydrogen) atoms. The number of piperidine rings is 1. The third-order valence-corrected chi connectivity index (χ3v) is 3.92. The number of nitrogens with one attached hydrogen (secondary N) is 1. The van der Waals surface area contributed by atoms with Crippen LogP contribution in [-0.4, -0.2) is 33.4 Å². The molecule has 1 aromatic carbocycles. The Kier molecular flexibility index (Phi) is 4.87. The van der Waals surface area contributed by atoms with Crippen LogP contribution < -0.4 is 10.2 Å². The topological polar surface area (TPSA) is 24.5 Å². The number of benzene rings is 1. The van der Waals surface area contributed by atoms with E-state index in [4.69, 9.17) is 16.3 Å². The lowest BCUT2D eigenvalue weighted by molar-refractivity contribution is 0.0819. The number of anilines is 1. The number of hydrogen-bond acceptors (Lipinski definition) is 3. The molecule has 1 aliphatic heterocycles. The standard InChI is InChI=1S/C14H21ClN2O/c1-16-10-12-13(15)4-3-5-14(12)17-8-6-11(18-2)7-9-17/h3-5,11,16H,6-10H2,1-2H3. The zero-order valence-corrected chi connectivity index (χ0v) is 11.8. The summed E-state index contributed by atoms with van der Waals surface area (Å²) < 4.78 is 5.41. The largest absolute Gasteiger partial charge is 0.381 e. The molecule has 0 bridgehead atoms. The summed E-state index contributed by atoms with van der Waals surface area (Å²) in [4.78, 5) is 2.41. The molecule has 0 amide bonds. The van der Waals surface area contributed by atoms with E-state index in [0.29, 0.717) is 6.10 Å². The van der Waals surface area contributed by atoms with Gasteiger partial charge >= 0.3 is 0 Å². The first-order valence-electron chi connectivity index (χ1n) is 6.46. The molecule has 1 aromatic rings. The fraction of sp³-hybridized carbons (Fsp3) is 0.571. The van der Waals surface area contributed by atoms with Crippen LogP contribution >= 0.6 is 11.6 Å². The van der Waals surface area contributed by atoms with E-state index in [2.05, 4.69) is 16.3 Å². The van der Waals surface area contributed by atoms with Crippen LogP contribution in [0.4, 0.5) is 5.69 Å². The van der Waals surface area contributed by atoms with Crippen molar-refractivity contribution in [2.24, 2.45) is 0 Å². The second kappa shape index (κ2) is 6.41. The fourth-order valence-electron chi connectivity index (χ4n) is 2.53. The summed E-state index contributed by atoms with van der Waals surface area (Å²) in [6, 6.07) is 6.14. The monoisotopic (exact) mass is 268 g/mol. The van der Waals surface area contributed by atoms with E-state index in [1.165, 1.54) is 11.3 Å². The van der Waals surface area contributed by atoms with Gasteiger partial charge in [-0.2, -0.15) is 0 Å². The average Bonchev–Trinajstić information content (AvgIpc) is 2.41. The minimum Gasteiger partial charge on any atom is -0.381 e. The summed E-state index contributed by atoms with van der Waals surface area (Å²) in [6.07, 6.45) is 2.58. The lowest BCUT2D eigenvalue weighted by atomic mass is 10.0. The summed E-state index contributed by atoms with van der Waals surface area (Å²) in [5.41, 5.74) is 2.45. The molecule has 4 heteroatoms. The van der Waals surface area contributed by atoms with E-state index in [-0.39, 0.29) is 0 Å². The number of hydrogen-bond donors (Lipinski definition) is 1. The fourth-order valence-corrected chi connectivity index (χ4v) is 2.76. The molecule has 1 aliphatic rings. The molecular weight excluding hydrogens is 248 g/mol. The third kappa shape index (κ3) is 2.97. The molecule has 0 aromatic heterocycles. The molecule has 0 radical (unpaired) electrons. The van der Waals surface area contributed by atoms with Crippen molar-refractivity contribution in [2.45, 2.75) is 25.5 Å². The maximum absolute atomic E-state index is 6.29. The Morgan fingerprint density at radius 2 is 2.11 bits per heavy atom. The Balaban J connectivity index is 2.15. The molecule has 1 N–H and O–H groups in total. The molecule has 100 valence electrons. The quantitative estimate of drug-likeness (QED) is 0.909. The van der Waals surface area contributed by atoms with Crippen molar-refractivity contribution in [3.63, 3.8) is 0 Å². The number of ether oxygens (including phenoxy) is 1. The summed E-state index contributed by atoms with van der Waals surface area (Å²) in [5, 5.41) is 4.03. The highest BCUT2D eigenvalue weighted by molar-refractivity contribution is 6.31. The molecule has 1 fully saturated rings. The molecule has 0 aliphatic carbocycles. The second-order valence-corrected chi connectivity index (χ2v) is 5.10. The van der Waals surface area contributed by atoms with E-state index in [0.717, 1.165) is 37.5 Å². The predicted octanol–water partition coefficient (Wildman–Crippen LogP) is 2.67. The van der Waals surface area contributed by atoms with Crippen LogP contribution in [0.3, 0.4) is 0 Å². The second-order valence-electron chi connectivity index (χ2n) is 4.69. The van der Waals surface area contributed by atoms with Crippen LogP contribution in [-0.2, 0) is 11.3 Å². The molecule has 0 atom stereocenters. The van der Waals surface area contributed by atoms with Gasteiger partial charge in [0.1, 0.15) is 0 Å². The molecule has 1 saturated heterocycles. The van der Waals surface area contributed by atoms with Gasteiger partial charge in [-0.3, -0.25) is 0 Å². The highest BCUT2D eigenvalue weighted by Crippen LogP contribution is 2.29. The van der Waals surface area contributed by atoms with Gasteiger partial charge in [-0.1, -0.05) is 17.7 Å². The van der Waals surface area contributed by atoms with E-state index in [1.54, 1.807) is 7.11 Å². The molecular formula is C14H21ClN2O. The maximum atomic E-state index is 6.29.